The number of hydrogen-bond donors (Lipinski definition) is 2. The van der Waals surface area contributed by atoms with Crippen molar-refractivity contribution in [2.45, 2.75) is 25.3 Å². The number of nitrogens with zero attached hydrogens (tertiary/aromatic N) is 2. The summed E-state index contributed by atoms with van der Waals surface area (Å²) >= 11 is 0. The Morgan fingerprint density at radius 2 is 2.25 bits per heavy atom. The first-order valence-corrected chi connectivity index (χ1v) is 6.44. The average molecular weight is 275 g/mol. The Hall–Kier alpha value is -2.37. The van der Waals surface area contributed by atoms with Gasteiger partial charge in [0.25, 0.3) is 0 Å². The fraction of sp³-hybridized carbons (Fsp3) is 0.286. The average Bonchev–Trinajstić information content (AvgIpc) is 3.15. The highest BCUT2D eigenvalue weighted by molar-refractivity contribution is 5.91. The van der Waals surface area contributed by atoms with Crippen LogP contribution in [0.4, 0.5) is 10.2 Å². The first-order valence-electron chi connectivity index (χ1n) is 6.44. The second-order valence-electron chi connectivity index (χ2n) is 4.92. The molecule has 1 fully saturated rings. The predicted molar refractivity (Wildman–Crippen MR) is 70.9 cm³/mol. The predicted octanol–water partition coefficient (Wildman–Crippen LogP) is 2.24. The highest BCUT2D eigenvalue weighted by atomic mass is 19.1. The van der Waals surface area contributed by atoms with Crippen molar-refractivity contribution in [3.05, 3.63) is 41.8 Å². The van der Waals surface area contributed by atoms with E-state index in [1.807, 2.05) is 10.9 Å². The van der Waals surface area contributed by atoms with Gasteiger partial charge in [0.2, 0.25) is 5.91 Å². The lowest BCUT2D eigenvalue weighted by Crippen LogP contribution is -2.15. The minimum absolute atomic E-state index is 0.0352. The molecule has 0 unspecified atom stereocenters. The summed E-state index contributed by atoms with van der Waals surface area (Å²) in [6.07, 6.45) is 4.13. The van der Waals surface area contributed by atoms with Crippen LogP contribution in [0.3, 0.4) is 0 Å². The SMILES string of the molecule is O=C(Cc1ccc(O)c(F)c1)Nc1ccn(C2CC2)n1. The number of phenols is 1. The summed E-state index contributed by atoms with van der Waals surface area (Å²) in [5.41, 5.74) is 0.499. The molecule has 0 radical (unpaired) electrons. The van der Waals surface area contributed by atoms with Crippen LogP contribution in [-0.2, 0) is 11.2 Å². The van der Waals surface area contributed by atoms with Gasteiger partial charge in [0.15, 0.2) is 17.4 Å². The maximum Gasteiger partial charge on any atom is 0.229 e. The summed E-state index contributed by atoms with van der Waals surface area (Å²) in [6, 6.07) is 6.11. The number of carbonyl (C=O) groups excluding carboxylic acids is 1. The second-order valence-corrected chi connectivity index (χ2v) is 4.92. The van der Waals surface area contributed by atoms with Crippen molar-refractivity contribution in [1.82, 2.24) is 9.78 Å². The number of halogens is 1. The largest absolute Gasteiger partial charge is 0.505 e. The van der Waals surface area contributed by atoms with Crippen LogP contribution in [0.2, 0.25) is 0 Å². The Morgan fingerprint density at radius 1 is 1.45 bits per heavy atom. The fourth-order valence-electron chi connectivity index (χ4n) is 1.98. The van der Waals surface area contributed by atoms with Gasteiger partial charge in [-0.05, 0) is 30.5 Å². The summed E-state index contributed by atoms with van der Waals surface area (Å²) < 4.78 is 15.0. The second kappa shape index (κ2) is 4.96. The van der Waals surface area contributed by atoms with E-state index in [0.29, 0.717) is 17.4 Å². The van der Waals surface area contributed by atoms with E-state index in [1.54, 1.807) is 6.07 Å². The van der Waals surface area contributed by atoms with Crippen LogP contribution in [-0.4, -0.2) is 20.8 Å². The van der Waals surface area contributed by atoms with E-state index in [4.69, 9.17) is 5.11 Å². The summed E-state index contributed by atoms with van der Waals surface area (Å²) in [7, 11) is 0. The molecule has 1 aromatic carbocycles. The number of phenolic OH excluding ortho intramolecular Hbond substituents is 1. The molecule has 2 aromatic rings. The van der Waals surface area contributed by atoms with Crippen LogP contribution >= 0.6 is 0 Å². The molecule has 5 nitrogen and oxygen atoms in total. The molecule has 0 atom stereocenters. The normalized spacial score (nSPS) is 14.2. The zero-order valence-electron chi connectivity index (χ0n) is 10.7. The molecule has 104 valence electrons. The molecule has 3 rings (SSSR count). The first kappa shape index (κ1) is 12.7. The molecule has 0 saturated heterocycles. The minimum atomic E-state index is -0.728. The Labute approximate surface area is 115 Å². The molecule has 0 aliphatic heterocycles. The molecule has 1 aliphatic carbocycles. The number of benzene rings is 1. The van der Waals surface area contributed by atoms with Gasteiger partial charge in [0, 0.05) is 12.3 Å². The number of aromatic nitrogens is 2. The van der Waals surface area contributed by atoms with Crippen LogP contribution in [0, 0.1) is 5.82 Å². The third kappa shape index (κ3) is 2.79. The molecule has 1 saturated carbocycles. The number of amides is 1. The van der Waals surface area contributed by atoms with E-state index in [2.05, 4.69) is 10.4 Å². The molecular weight excluding hydrogens is 261 g/mol. The lowest BCUT2D eigenvalue weighted by Gasteiger charge is -2.03. The van der Waals surface area contributed by atoms with Gasteiger partial charge in [-0.15, -0.1) is 0 Å². The van der Waals surface area contributed by atoms with E-state index in [9.17, 15) is 9.18 Å². The molecule has 1 aliphatic rings. The molecule has 1 amide bonds. The van der Waals surface area contributed by atoms with Crippen LogP contribution in [0.1, 0.15) is 24.4 Å². The summed E-state index contributed by atoms with van der Waals surface area (Å²) in [4.78, 5) is 11.8. The Balaban J connectivity index is 1.61. The van der Waals surface area contributed by atoms with Crippen molar-refractivity contribution in [2.75, 3.05) is 5.32 Å². The van der Waals surface area contributed by atoms with Gasteiger partial charge in [-0.2, -0.15) is 5.10 Å². The topological polar surface area (TPSA) is 67.2 Å². The van der Waals surface area contributed by atoms with Crippen molar-refractivity contribution >= 4 is 11.7 Å². The number of anilines is 1. The Morgan fingerprint density at radius 3 is 2.95 bits per heavy atom. The maximum atomic E-state index is 13.2. The van der Waals surface area contributed by atoms with Gasteiger partial charge >= 0.3 is 0 Å². The maximum absolute atomic E-state index is 13.2. The molecule has 2 N–H and O–H groups in total. The number of aromatic hydroxyl groups is 1. The summed E-state index contributed by atoms with van der Waals surface area (Å²) in [5.74, 6) is -0.914. The van der Waals surface area contributed by atoms with E-state index >= 15 is 0 Å². The monoisotopic (exact) mass is 275 g/mol. The first-order chi connectivity index (χ1) is 9.61. The van der Waals surface area contributed by atoms with Crippen molar-refractivity contribution in [3.63, 3.8) is 0 Å². The van der Waals surface area contributed by atoms with Crippen molar-refractivity contribution < 1.29 is 14.3 Å². The molecule has 0 spiro atoms. The summed E-state index contributed by atoms with van der Waals surface area (Å²) in [6.45, 7) is 0. The third-order valence-electron chi connectivity index (χ3n) is 3.17. The smallest absolute Gasteiger partial charge is 0.229 e. The lowest BCUT2D eigenvalue weighted by molar-refractivity contribution is -0.115. The highest BCUT2D eigenvalue weighted by Gasteiger charge is 2.24. The van der Waals surface area contributed by atoms with Crippen molar-refractivity contribution in [3.8, 4) is 5.75 Å². The Kier molecular flexibility index (Phi) is 3.14. The number of hydrogen-bond acceptors (Lipinski definition) is 3. The van der Waals surface area contributed by atoms with Crippen LogP contribution in [0.5, 0.6) is 5.75 Å². The molecule has 1 aromatic heterocycles. The number of rotatable bonds is 4. The molecule has 20 heavy (non-hydrogen) atoms. The molecular formula is C14H14FN3O2. The minimum Gasteiger partial charge on any atom is -0.505 e. The highest BCUT2D eigenvalue weighted by Crippen LogP contribution is 2.34. The van der Waals surface area contributed by atoms with Crippen LogP contribution < -0.4 is 5.32 Å². The Bertz CT molecular complexity index is 650. The van der Waals surface area contributed by atoms with Gasteiger partial charge in [-0.25, -0.2) is 4.39 Å². The van der Waals surface area contributed by atoms with Crippen LogP contribution in [0.25, 0.3) is 0 Å². The van der Waals surface area contributed by atoms with Gasteiger partial charge in [-0.1, -0.05) is 6.07 Å². The molecule has 1 heterocycles. The van der Waals surface area contributed by atoms with Gasteiger partial charge in [0.1, 0.15) is 0 Å². The third-order valence-corrected chi connectivity index (χ3v) is 3.17. The lowest BCUT2D eigenvalue weighted by atomic mass is 10.1. The van der Waals surface area contributed by atoms with E-state index < -0.39 is 11.6 Å². The summed E-state index contributed by atoms with van der Waals surface area (Å²) in [5, 5.41) is 16.0. The van der Waals surface area contributed by atoms with Crippen molar-refractivity contribution in [1.29, 1.82) is 0 Å². The number of carbonyl (C=O) groups is 1. The number of nitrogens with one attached hydrogen (secondary N) is 1. The van der Waals surface area contributed by atoms with Crippen LogP contribution in [0.15, 0.2) is 30.5 Å². The van der Waals surface area contributed by atoms with E-state index in [-0.39, 0.29) is 12.3 Å². The molecule has 6 heteroatoms. The van der Waals surface area contributed by atoms with Gasteiger partial charge in [0.05, 0.1) is 12.5 Å². The standard InChI is InChI=1S/C14H14FN3O2/c15-11-7-9(1-4-12(11)19)8-14(20)16-13-5-6-18(17-13)10-2-3-10/h1,4-7,10,19H,2-3,8H2,(H,16,17,20). The van der Waals surface area contributed by atoms with E-state index in [1.165, 1.54) is 12.1 Å². The zero-order valence-corrected chi connectivity index (χ0v) is 10.7. The quantitative estimate of drug-likeness (QED) is 0.899. The molecule has 0 bridgehead atoms. The van der Waals surface area contributed by atoms with E-state index in [0.717, 1.165) is 18.9 Å². The van der Waals surface area contributed by atoms with Gasteiger partial charge in [-0.3, -0.25) is 9.48 Å². The van der Waals surface area contributed by atoms with Gasteiger partial charge < -0.3 is 10.4 Å². The van der Waals surface area contributed by atoms with Crippen molar-refractivity contribution in [2.24, 2.45) is 0 Å². The fourth-order valence-corrected chi connectivity index (χ4v) is 1.98. The zero-order chi connectivity index (χ0) is 14.1.